The highest BCUT2D eigenvalue weighted by Gasteiger charge is 2.57. The summed E-state index contributed by atoms with van der Waals surface area (Å²) in [7, 11) is 0. The van der Waals surface area contributed by atoms with E-state index in [0.717, 1.165) is 0 Å². The van der Waals surface area contributed by atoms with Crippen molar-refractivity contribution in [3.05, 3.63) is 101 Å². The van der Waals surface area contributed by atoms with Crippen LogP contribution >= 0.6 is 0 Å². The Kier molecular flexibility index (Phi) is 6.98. The average Bonchev–Trinajstić information content (AvgIpc) is 3.41. The number of aryl methyl sites for hydroxylation is 1. The number of nitrogens with zero attached hydrogens (tertiary/aromatic N) is 2. The summed E-state index contributed by atoms with van der Waals surface area (Å²) in [4.78, 5) is 2.74. The van der Waals surface area contributed by atoms with Gasteiger partial charge in [-0.1, -0.05) is 106 Å². The van der Waals surface area contributed by atoms with Crippen molar-refractivity contribution in [3.8, 4) is 5.69 Å². The van der Waals surface area contributed by atoms with Gasteiger partial charge in [-0.3, -0.25) is 0 Å². The maximum Gasteiger partial charge on any atom is 0.0541 e. The van der Waals surface area contributed by atoms with E-state index in [4.69, 9.17) is 0 Å². The minimum absolute atomic E-state index is 0.0131. The predicted octanol–water partition coefficient (Wildman–Crippen LogP) is 12.7. The lowest BCUT2D eigenvalue weighted by molar-refractivity contribution is 0.194. The second-order valence-corrected chi connectivity index (χ2v) is 18.5. The Morgan fingerprint density at radius 3 is 1.60 bits per heavy atom. The van der Waals surface area contributed by atoms with Gasteiger partial charge in [0.25, 0.3) is 0 Å². The third kappa shape index (κ3) is 4.88. The molecule has 47 heavy (non-hydrogen) atoms. The Hall–Kier alpha value is -3.52. The van der Waals surface area contributed by atoms with Gasteiger partial charge in [0.05, 0.1) is 16.6 Å². The lowest BCUT2D eigenvalue weighted by Gasteiger charge is -2.50. The molecule has 1 aliphatic heterocycles. The molecule has 1 aliphatic carbocycles. The van der Waals surface area contributed by atoms with Crippen LogP contribution in [0.3, 0.4) is 0 Å². The minimum atomic E-state index is 0.0131. The van der Waals surface area contributed by atoms with E-state index in [2.05, 4.69) is 165 Å². The molecule has 0 bridgehead atoms. The molecule has 1 saturated carbocycles. The second kappa shape index (κ2) is 10.2. The van der Waals surface area contributed by atoms with Crippen LogP contribution in [0, 0.1) is 6.92 Å². The van der Waals surface area contributed by atoms with Crippen LogP contribution in [-0.4, -0.2) is 10.1 Å². The van der Waals surface area contributed by atoms with Crippen LogP contribution in [0.2, 0.25) is 0 Å². The molecule has 1 fully saturated rings. The number of fused-ring (bicyclic) bond motifs is 6. The summed E-state index contributed by atoms with van der Waals surface area (Å²) in [5.41, 5.74) is 13.9. The van der Waals surface area contributed by atoms with Crippen molar-refractivity contribution >= 4 is 33.2 Å². The number of rotatable bonds is 2. The molecule has 2 heteroatoms. The third-order valence-electron chi connectivity index (χ3n) is 12.0. The molecule has 2 atom stereocenters. The van der Waals surface area contributed by atoms with Gasteiger partial charge in [-0.2, -0.15) is 0 Å². The van der Waals surface area contributed by atoms with Gasteiger partial charge < -0.3 is 9.47 Å². The number of benzene rings is 4. The van der Waals surface area contributed by atoms with Crippen molar-refractivity contribution in [3.63, 3.8) is 0 Å². The molecule has 2 heterocycles. The van der Waals surface area contributed by atoms with Gasteiger partial charge in [-0.15, -0.1) is 0 Å². The summed E-state index contributed by atoms with van der Waals surface area (Å²) in [6.07, 6.45) is 5.01. The molecular weight excluding hydrogens is 569 g/mol. The van der Waals surface area contributed by atoms with E-state index in [1.807, 2.05) is 0 Å². The van der Waals surface area contributed by atoms with E-state index >= 15 is 0 Å². The van der Waals surface area contributed by atoms with E-state index in [1.165, 1.54) is 92.4 Å². The van der Waals surface area contributed by atoms with E-state index in [-0.39, 0.29) is 27.2 Å². The van der Waals surface area contributed by atoms with E-state index < -0.39 is 0 Å². The maximum absolute atomic E-state index is 2.74. The Morgan fingerprint density at radius 1 is 0.553 bits per heavy atom. The Morgan fingerprint density at radius 2 is 1.04 bits per heavy atom. The van der Waals surface area contributed by atoms with E-state index in [9.17, 15) is 0 Å². The fourth-order valence-electron chi connectivity index (χ4n) is 8.84. The summed E-state index contributed by atoms with van der Waals surface area (Å²) >= 11 is 0. The van der Waals surface area contributed by atoms with E-state index in [0.29, 0.717) is 0 Å². The van der Waals surface area contributed by atoms with Gasteiger partial charge in [-0.25, -0.2) is 0 Å². The van der Waals surface area contributed by atoms with Crippen LogP contribution in [0.15, 0.2) is 72.8 Å². The molecule has 2 unspecified atom stereocenters. The molecule has 2 nitrogen and oxygen atoms in total. The summed E-state index contributed by atoms with van der Waals surface area (Å²) in [6, 6.07) is 29.0. The number of hydrogen-bond donors (Lipinski definition) is 0. The molecular formula is C45H56N2. The molecule has 0 N–H and O–H groups in total. The Labute approximate surface area is 284 Å². The average molecular weight is 625 g/mol. The van der Waals surface area contributed by atoms with Crippen LogP contribution in [0.1, 0.15) is 130 Å². The first kappa shape index (κ1) is 32.0. The summed E-state index contributed by atoms with van der Waals surface area (Å²) in [5.74, 6) is 0. The van der Waals surface area contributed by atoms with Crippen molar-refractivity contribution in [2.75, 3.05) is 4.90 Å². The smallest absolute Gasteiger partial charge is 0.0541 e. The molecule has 0 spiro atoms. The number of anilines is 2. The molecule has 5 aromatic rings. The zero-order valence-electron chi connectivity index (χ0n) is 31.2. The van der Waals surface area contributed by atoms with Crippen molar-refractivity contribution in [1.82, 2.24) is 4.57 Å². The van der Waals surface area contributed by atoms with Crippen LogP contribution in [-0.2, 0) is 21.7 Å². The molecule has 0 saturated heterocycles. The fourth-order valence-corrected chi connectivity index (χ4v) is 8.84. The van der Waals surface area contributed by atoms with Gasteiger partial charge in [0.15, 0.2) is 0 Å². The van der Waals surface area contributed by atoms with Gasteiger partial charge in [-0.05, 0) is 119 Å². The topological polar surface area (TPSA) is 8.17 Å². The highest BCUT2D eigenvalue weighted by molar-refractivity contribution is 6.10. The van der Waals surface area contributed by atoms with Gasteiger partial charge >= 0.3 is 0 Å². The number of hydrogen-bond acceptors (Lipinski definition) is 1. The molecule has 246 valence electrons. The first-order chi connectivity index (χ1) is 21.8. The van der Waals surface area contributed by atoms with Crippen molar-refractivity contribution < 1.29 is 0 Å². The molecule has 1 aromatic heterocycles. The van der Waals surface area contributed by atoms with Gasteiger partial charge in [0.1, 0.15) is 0 Å². The minimum Gasteiger partial charge on any atom is -0.334 e. The normalized spacial score (nSPS) is 21.8. The van der Waals surface area contributed by atoms with E-state index in [1.54, 1.807) is 0 Å². The molecule has 2 aliphatic rings. The third-order valence-corrected chi connectivity index (χ3v) is 12.0. The lowest BCUT2D eigenvalue weighted by Crippen LogP contribution is -2.54. The summed E-state index contributed by atoms with van der Waals surface area (Å²) < 4.78 is 2.53. The summed E-state index contributed by atoms with van der Waals surface area (Å²) in [6.45, 7) is 28.3. The zero-order valence-corrected chi connectivity index (χ0v) is 31.2. The molecule has 4 aromatic carbocycles. The lowest BCUT2D eigenvalue weighted by atomic mass is 9.61. The molecule has 0 radical (unpaired) electrons. The SMILES string of the molecule is Cc1cc(N2c3ccc(C(C)(C)C)cc3C3(C)CCCCC23C)cc(-n2c3ccc(C(C)(C)C)cc3c3cc(C(C)(C)C)ccc32)c1. The monoisotopic (exact) mass is 624 g/mol. The van der Waals surface area contributed by atoms with Crippen molar-refractivity contribution in [1.29, 1.82) is 0 Å². The van der Waals surface area contributed by atoms with Gasteiger partial charge in [0, 0.05) is 33.2 Å². The summed E-state index contributed by atoms with van der Waals surface area (Å²) in [5, 5.41) is 2.68. The highest BCUT2D eigenvalue weighted by atomic mass is 15.3. The van der Waals surface area contributed by atoms with Gasteiger partial charge in [0.2, 0.25) is 0 Å². The standard InChI is InChI=1S/C45H56N2/c1-29-23-33(46-38-18-15-30(41(2,3)4)25-35(38)36-26-31(42(5,6)7)16-19-39(36)46)28-34(24-29)47-40-20-17-32(43(8,9)10)27-37(40)44(11)21-13-14-22-45(44,47)12/h15-20,23-28H,13-14,21-22H2,1-12H3. The van der Waals surface area contributed by atoms with Crippen LogP contribution in [0.25, 0.3) is 27.5 Å². The van der Waals surface area contributed by atoms with Crippen LogP contribution in [0.4, 0.5) is 11.4 Å². The van der Waals surface area contributed by atoms with Crippen molar-refractivity contribution in [2.24, 2.45) is 0 Å². The van der Waals surface area contributed by atoms with Crippen LogP contribution in [0.5, 0.6) is 0 Å². The van der Waals surface area contributed by atoms with Crippen molar-refractivity contribution in [2.45, 2.75) is 136 Å². The molecule has 7 rings (SSSR count). The first-order valence-corrected chi connectivity index (χ1v) is 18.0. The Balaban J connectivity index is 1.48. The molecule has 0 amide bonds. The highest BCUT2D eigenvalue weighted by Crippen LogP contribution is 2.61. The first-order valence-electron chi connectivity index (χ1n) is 18.0. The predicted molar refractivity (Wildman–Crippen MR) is 204 cm³/mol. The van der Waals surface area contributed by atoms with Crippen LogP contribution < -0.4 is 4.90 Å². The fraction of sp³-hybridized carbons (Fsp3) is 0.467. The maximum atomic E-state index is 2.74. The zero-order chi connectivity index (χ0) is 33.9. The largest absolute Gasteiger partial charge is 0.334 e. The Bertz CT molecular complexity index is 1960. The second-order valence-electron chi connectivity index (χ2n) is 18.5. The quantitative estimate of drug-likeness (QED) is 0.190. The number of aromatic nitrogens is 1.